The van der Waals surface area contributed by atoms with Crippen molar-refractivity contribution in [3.63, 3.8) is 0 Å². The van der Waals surface area contributed by atoms with E-state index in [9.17, 15) is 24.8 Å². The number of nitrogens with zero attached hydrogens (tertiary/aromatic N) is 4. The molecule has 37 heavy (non-hydrogen) atoms. The molecule has 10 nitrogen and oxygen atoms in total. The highest BCUT2D eigenvalue weighted by Gasteiger charge is 2.36. The van der Waals surface area contributed by atoms with E-state index in [1.807, 2.05) is 59.2 Å². The lowest BCUT2D eigenvalue weighted by Gasteiger charge is -2.31. The molecule has 1 aliphatic heterocycles. The van der Waals surface area contributed by atoms with E-state index >= 15 is 0 Å². The Hall–Kier alpha value is -5.12. The van der Waals surface area contributed by atoms with Gasteiger partial charge in [-0.15, -0.1) is 0 Å². The van der Waals surface area contributed by atoms with Gasteiger partial charge in [-0.05, 0) is 23.8 Å². The van der Waals surface area contributed by atoms with Crippen LogP contribution in [0, 0.1) is 10.1 Å². The smallest absolute Gasteiger partial charge is 0.331 e. The van der Waals surface area contributed by atoms with E-state index in [-0.39, 0.29) is 17.0 Å². The standard InChI is InChI=1S/C27H21N5O5/c1-29-24-21(26(34)30(2)27(29)35)23(15-8-4-3-5-9-15)31-19-11-7-6-10-18(19)28-22(25(24)31)17-14-16(32(36)37)12-13-20(17)33/h3-14,22,28,33H,1-2H3/t22-/m0/s1. The zero-order valence-corrected chi connectivity index (χ0v) is 19.9. The zero-order chi connectivity index (χ0) is 26.0. The lowest BCUT2D eigenvalue weighted by molar-refractivity contribution is -0.384. The van der Waals surface area contributed by atoms with Crippen LogP contribution in [0.3, 0.4) is 0 Å². The summed E-state index contributed by atoms with van der Waals surface area (Å²) in [5.74, 6) is -0.154. The number of benzene rings is 3. The number of nitrogens with one attached hydrogen (secondary N) is 1. The fraction of sp³-hybridized carbons (Fsp3) is 0.111. The summed E-state index contributed by atoms with van der Waals surface area (Å²) in [4.78, 5) is 37.8. The van der Waals surface area contributed by atoms with Crippen LogP contribution in [0.15, 0.2) is 82.4 Å². The highest BCUT2D eigenvalue weighted by atomic mass is 16.6. The van der Waals surface area contributed by atoms with Crippen LogP contribution in [-0.2, 0) is 14.1 Å². The maximum atomic E-state index is 13.7. The van der Waals surface area contributed by atoms with E-state index in [1.165, 1.54) is 29.8 Å². The highest BCUT2D eigenvalue weighted by molar-refractivity contribution is 5.99. The van der Waals surface area contributed by atoms with Gasteiger partial charge >= 0.3 is 5.69 Å². The summed E-state index contributed by atoms with van der Waals surface area (Å²) < 4.78 is 4.39. The van der Waals surface area contributed by atoms with E-state index in [2.05, 4.69) is 5.32 Å². The Morgan fingerprint density at radius 1 is 0.946 bits per heavy atom. The maximum absolute atomic E-state index is 13.7. The first-order chi connectivity index (χ1) is 17.8. The van der Waals surface area contributed by atoms with E-state index in [0.717, 1.165) is 15.8 Å². The number of hydrogen-bond acceptors (Lipinski definition) is 6. The number of nitro groups is 1. The Morgan fingerprint density at radius 3 is 2.38 bits per heavy atom. The molecule has 0 saturated carbocycles. The number of nitro benzene ring substituents is 1. The molecule has 0 spiro atoms. The van der Waals surface area contributed by atoms with Gasteiger partial charge < -0.3 is 15.0 Å². The quantitative estimate of drug-likeness (QED) is 0.290. The maximum Gasteiger partial charge on any atom is 0.331 e. The lowest BCUT2D eigenvalue weighted by Crippen LogP contribution is -2.37. The van der Waals surface area contributed by atoms with Crippen LogP contribution in [0.4, 0.5) is 11.4 Å². The van der Waals surface area contributed by atoms with Gasteiger partial charge in [-0.25, -0.2) is 4.79 Å². The van der Waals surface area contributed by atoms with Crippen LogP contribution in [0.1, 0.15) is 17.3 Å². The summed E-state index contributed by atoms with van der Waals surface area (Å²) in [6.07, 6.45) is 0. The predicted molar refractivity (Wildman–Crippen MR) is 139 cm³/mol. The van der Waals surface area contributed by atoms with Crippen molar-refractivity contribution in [1.82, 2.24) is 13.7 Å². The second kappa shape index (κ2) is 7.95. The third-order valence-electron chi connectivity index (χ3n) is 6.91. The monoisotopic (exact) mass is 495 g/mol. The molecular formula is C27H21N5O5. The van der Waals surface area contributed by atoms with Gasteiger partial charge in [-0.1, -0.05) is 42.5 Å². The van der Waals surface area contributed by atoms with Crippen LogP contribution in [0.2, 0.25) is 0 Å². The minimum Gasteiger partial charge on any atom is -0.508 e. The van der Waals surface area contributed by atoms with Crippen molar-refractivity contribution in [3.8, 4) is 22.7 Å². The summed E-state index contributed by atoms with van der Waals surface area (Å²) in [6, 6.07) is 19.8. The van der Waals surface area contributed by atoms with Crippen molar-refractivity contribution < 1.29 is 10.0 Å². The van der Waals surface area contributed by atoms with Crippen molar-refractivity contribution in [2.24, 2.45) is 14.1 Å². The van der Waals surface area contributed by atoms with Crippen molar-refractivity contribution in [1.29, 1.82) is 0 Å². The average molecular weight is 495 g/mol. The Bertz CT molecular complexity index is 1870. The third kappa shape index (κ3) is 3.12. The number of rotatable bonds is 3. The molecule has 2 N–H and O–H groups in total. The Kier molecular flexibility index (Phi) is 4.80. The van der Waals surface area contributed by atoms with Crippen molar-refractivity contribution >= 4 is 22.3 Å². The molecule has 0 bridgehead atoms. The van der Waals surface area contributed by atoms with Gasteiger partial charge in [0.2, 0.25) is 0 Å². The molecule has 184 valence electrons. The Morgan fingerprint density at radius 2 is 1.65 bits per heavy atom. The molecule has 1 atom stereocenters. The fourth-order valence-corrected chi connectivity index (χ4v) is 5.21. The average Bonchev–Trinajstić information content (AvgIpc) is 3.27. The molecule has 0 saturated heterocycles. The number of aromatic hydroxyl groups is 1. The Labute approximate surface area is 209 Å². The number of non-ortho nitro benzene ring substituents is 1. The van der Waals surface area contributed by atoms with Crippen LogP contribution >= 0.6 is 0 Å². The van der Waals surface area contributed by atoms with E-state index in [4.69, 9.17) is 0 Å². The molecule has 5 aromatic rings. The fourth-order valence-electron chi connectivity index (χ4n) is 5.21. The van der Waals surface area contributed by atoms with E-state index in [0.29, 0.717) is 28.0 Å². The van der Waals surface area contributed by atoms with E-state index in [1.54, 1.807) is 7.05 Å². The van der Waals surface area contributed by atoms with Crippen LogP contribution in [0.25, 0.3) is 27.8 Å². The number of phenols is 1. The SMILES string of the molecule is Cn1c(=O)c2c(-c3ccccc3)n3c(c2n(C)c1=O)[C@H](c1cc([N+](=O)[O-])ccc1O)Nc1ccccc1-3. The predicted octanol–water partition coefficient (Wildman–Crippen LogP) is 3.82. The number of hydrogen-bond donors (Lipinski definition) is 2. The second-order valence-corrected chi connectivity index (χ2v) is 8.96. The van der Waals surface area contributed by atoms with E-state index < -0.39 is 22.2 Å². The van der Waals surface area contributed by atoms with Crippen molar-refractivity contribution in [3.05, 3.63) is 115 Å². The van der Waals surface area contributed by atoms with Gasteiger partial charge in [-0.3, -0.25) is 24.0 Å². The number of aryl methyl sites for hydroxylation is 1. The third-order valence-corrected chi connectivity index (χ3v) is 6.91. The van der Waals surface area contributed by atoms with Gasteiger partial charge in [0.1, 0.15) is 5.75 Å². The summed E-state index contributed by atoms with van der Waals surface area (Å²) in [6.45, 7) is 0. The van der Waals surface area contributed by atoms with Crippen molar-refractivity contribution in [2.75, 3.05) is 5.32 Å². The summed E-state index contributed by atoms with van der Waals surface area (Å²) in [7, 11) is 3.02. The number of para-hydroxylation sites is 2. The molecule has 0 unspecified atom stereocenters. The molecule has 3 aromatic carbocycles. The number of aromatic nitrogens is 3. The first-order valence-electron chi connectivity index (χ1n) is 11.5. The molecular weight excluding hydrogens is 474 g/mol. The molecule has 6 rings (SSSR count). The molecule has 0 fully saturated rings. The lowest BCUT2D eigenvalue weighted by atomic mass is 9.98. The minimum absolute atomic E-state index is 0.154. The van der Waals surface area contributed by atoms with Crippen LogP contribution in [0.5, 0.6) is 5.75 Å². The first-order valence-corrected chi connectivity index (χ1v) is 11.5. The molecule has 3 heterocycles. The van der Waals surface area contributed by atoms with Crippen LogP contribution < -0.4 is 16.6 Å². The topological polar surface area (TPSA) is 124 Å². The number of anilines is 1. The zero-order valence-electron chi connectivity index (χ0n) is 19.9. The summed E-state index contributed by atoms with van der Waals surface area (Å²) in [5, 5.41) is 26.2. The Balaban J connectivity index is 1.85. The van der Waals surface area contributed by atoms with Gasteiger partial charge in [0.05, 0.1) is 44.6 Å². The van der Waals surface area contributed by atoms with Gasteiger partial charge in [0.25, 0.3) is 11.2 Å². The van der Waals surface area contributed by atoms with Crippen molar-refractivity contribution in [2.45, 2.75) is 6.04 Å². The minimum atomic E-state index is -0.813. The number of phenolic OH excluding ortho intramolecular Hbond substituents is 1. The molecule has 0 aliphatic carbocycles. The molecule has 1 aliphatic rings. The highest BCUT2D eigenvalue weighted by Crippen LogP contribution is 2.47. The molecule has 0 radical (unpaired) electrons. The largest absolute Gasteiger partial charge is 0.508 e. The molecule has 2 aromatic heterocycles. The van der Waals surface area contributed by atoms with Crippen LogP contribution in [-0.4, -0.2) is 23.7 Å². The first kappa shape index (κ1) is 22.4. The summed E-state index contributed by atoms with van der Waals surface area (Å²) >= 11 is 0. The normalized spacial score (nSPS) is 14.2. The number of fused-ring (bicyclic) bond motifs is 5. The molecule has 10 heteroatoms. The van der Waals surface area contributed by atoms with Gasteiger partial charge in [0, 0.05) is 31.8 Å². The summed E-state index contributed by atoms with van der Waals surface area (Å²) in [5.41, 5.74) is 2.77. The van der Waals surface area contributed by atoms with Gasteiger partial charge in [-0.2, -0.15) is 0 Å². The van der Waals surface area contributed by atoms with Gasteiger partial charge in [0.15, 0.2) is 0 Å². The second-order valence-electron chi connectivity index (χ2n) is 8.96. The molecule has 0 amide bonds.